The summed E-state index contributed by atoms with van der Waals surface area (Å²) in [6.07, 6.45) is 2.14. The highest BCUT2D eigenvalue weighted by Gasteiger charge is 2.03. The third kappa shape index (κ3) is 4.15. The third-order valence-electron chi connectivity index (χ3n) is 2.63. The monoisotopic (exact) mass is 275 g/mol. The van der Waals surface area contributed by atoms with E-state index in [-0.39, 0.29) is 11.9 Å². The first-order valence-electron chi connectivity index (χ1n) is 6.58. The van der Waals surface area contributed by atoms with E-state index in [1.54, 1.807) is 18.3 Å². The first kappa shape index (κ1) is 14.2. The minimum Gasteiger partial charge on any atom is -0.366 e. The van der Waals surface area contributed by atoms with E-state index in [1.807, 2.05) is 19.9 Å². The van der Waals surface area contributed by atoms with E-state index in [0.29, 0.717) is 30.3 Å². The molecular formula is C14H18FN5. The first-order chi connectivity index (χ1) is 9.65. The van der Waals surface area contributed by atoms with Crippen molar-refractivity contribution in [2.24, 2.45) is 0 Å². The molecule has 0 aliphatic rings. The maximum absolute atomic E-state index is 13.4. The molecule has 6 heteroatoms. The molecule has 0 saturated heterocycles. The van der Waals surface area contributed by atoms with Crippen molar-refractivity contribution in [2.45, 2.75) is 26.3 Å². The number of hydrogen-bond acceptors (Lipinski definition) is 5. The average molecular weight is 275 g/mol. The van der Waals surface area contributed by atoms with E-state index in [9.17, 15) is 4.39 Å². The summed E-state index contributed by atoms with van der Waals surface area (Å²) in [4.78, 5) is 4.28. The summed E-state index contributed by atoms with van der Waals surface area (Å²) >= 11 is 0. The van der Waals surface area contributed by atoms with Crippen LogP contribution in [0, 0.1) is 5.82 Å². The lowest BCUT2D eigenvalue weighted by Gasteiger charge is -2.09. The molecule has 0 atom stereocenters. The Labute approximate surface area is 117 Å². The van der Waals surface area contributed by atoms with Crippen molar-refractivity contribution in [3.05, 3.63) is 41.8 Å². The van der Waals surface area contributed by atoms with Crippen molar-refractivity contribution >= 4 is 11.8 Å². The maximum atomic E-state index is 13.4. The Hall–Kier alpha value is -2.24. The quantitative estimate of drug-likeness (QED) is 0.848. The Balaban J connectivity index is 1.89. The molecular weight excluding hydrogens is 257 g/mol. The largest absolute Gasteiger partial charge is 0.366 e. The predicted octanol–water partition coefficient (Wildman–Crippen LogP) is 2.49. The summed E-state index contributed by atoms with van der Waals surface area (Å²) in [5.41, 5.74) is 0.671. The molecule has 1 heterocycles. The van der Waals surface area contributed by atoms with Crippen LogP contribution in [0.4, 0.5) is 16.2 Å². The van der Waals surface area contributed by atoms with E-state index in [0.717, 1.165) is 0 Å². The fourth-order valence-corrected chi connectivity index (χ4v) is 1.75. The molecule has 2 rings (SSSR count). The van der Waals surface area contributed by atoms with Crippen LogP contribution in [0.1, 0.15) is 19.4 Å². The third-order valence-corrected chi connectivity index (χ3v) is 2.63. The van der Waals surface area contributed by atoms with Crippen molar-refractivity contribution in [3.8, 4) is 0 Å². The van der Waals surface area contributed by atoms with E-state index in [1.165, 1.54) is 6.07 Å². The van der Waals surface area contributed by atoms with Gasteiger partial charge in [0, 0.05) is 12.6 Å². The van der Waals surface area contributed by atoms with Gasteiger partial charge in [0.2, 0.25) is 5.95 Å². The van der Waals surface area contributed by atoms with Crippen LogP contribution in [-0.4, -0.2) is 27.8 Å². The summed E-state index contributed by atoms with van der Waals surface area (Å²) in [5, 5.41) is 14.0. The van der Waals surface area contributed by atoms with Gasteiger partial charge in [0.15, 0.2) is 5.82 Å². The standard InChI is InChI=1S/C14H18FN5/c1-10(2)18-13-9-17-20-14(19-13)16-8-7-11-5-3-4-6-12(11)15/h3-6,9-10H,7-8H2,1-2H3,(H2,16,18,19,20). The summed E-state index contributed by atoms with van der Waals surface area (Å²) in [6.45, 7) is 4.59. The molecule has 0 aliphatic carbocycles. The fourth-order valence-electron chi connectivity index (χ4n) is 1.75. The van der Waals surface area contributed by atoms with Crippen LogP contribution in [0.2, 0.25) is 0 Å². The fraction of sp³-hybridized carbons (Fsp3) is 0.357. The number of hydrogen-bond donors (Lipinski definition) is 2. The van der Waals surface area contributed by atoms with Gasteiger partial charge in [-0.25, -0.2) is 4.39 Å². The molecule has 5 nitrogen and oxygen atoms in total. The Bertz CT molecular complexity index is 559. The Morgan fingerprint density at radius 2 is 2.05 bits per heavy atom. The average Bonchev–Trinajstić information content (AvgIpc) is 2.41. The highest BCUT2D eigenvalue weighted by Crippen LogP contribution is 2.08. The summed E-state index contributed by atoms with van der Waals surface area (Å²) in [5.74, 6) is 0.916. The minimum atomic E-state index is -0.191. The number of rotatable bonds is 6. The molecule has 0 amide bonds. The SMILES string of the molecule is CC(C)Nc1cnnc(NCCc2ccccc2F)n1. The number of halogens is 1. The summed E-state index contributed by atoms with van der Waals surface area (Å²) in [7, 11) is 0. The zero-order chi connectivity index (χ0) is 14.4. The Morgan fingerprint density at radius 1 is 1.25 bits per heavy atom. The van der Waals surface area contributed by atoms with Gasteiger partial charge in [-0.2, -0.15) is 10.1 Å². The van der Waals surface area contributed by atoms with E-state index >= 15 is 0 Å². The van der Waals surface area contributed by atoms with Crippen molar-refractivity contribution in [1.82, 2.24) is 15.2 Å². The maximum Gasteiger partial charge on any atom is 0.244 e. The molecule has 2 N–H and O–H groups in total. The predicted molar refractivity (Wildman–Crippen MR) is 77.2 cm³/mol. The van der Waals surface area contributed by atoms with Gasteiger partial charge in [-0.3, -0.25) is 0 Å². The second-order valence-electron chi connectivity index (χ2n) is 4.73. The van der Waals surface area contributed by atoms with Crippen molar-refractivity contribution in [3.63, 3.8) is 0 Å². The zero-order valence-corrected chi connectivity index (χ0v) is 11.6. The lowest BCUT2D eigenvalue weighted by atomic mass is 10.1. The lowest BCUT2D eigenvalue weighted by Crippen LogP contribution is -2.14. The van der Waals surface area contributed by atoms with Crippen LogP contribution < -0.4 is 10.6 Å². The smallest absolute Gasteiger partial charge is 0.244 e. The van der Waals surface area contributed by atoms with Gasteiger partial charge in [-0.1, -0.05) is 18.2 Å². The second kappa shape index (κ2) is 6.79. The van der Waals surface area contributed by atoms with E-state index in [4.69, 9.17) is 0 Å². The number of nitrogens with one attached hydrogen (secondary N) is 2. The molecule has 0 spiro atoms. The van der Waals surface area contributed by atoms with Crippen LogP contribution in [0.3, 0.4) is 0 Å². The van der Waals surface area contributed by atoms with Gasteiger partial charge in [-0.05, 0) is 31.9 Å². The number of nitrogens with zero attached hydrogens (tertiary/aromatic N) is 3. The van der Waals surface area contributed by atoms with Crippen LogP contribution in [0.5, 0.6) is 0 Å². The lowest BCUT2D eigenvalue weighted by molar-refractivity contribution is 0.610. The molecule has 1 aromatic heterocycles. The van der Waals surface area contributed by atoms with Crippen LogP contribution in [0.25, 0.3) is 0 Å². The molecule has 0 radical (unpaired) electrons. The van der Waals surface area contributed by atoms with Gasteiger partial charge in [0.05, 0.1) is 6.20 Å². The molecule has 1 aromatic carbocycles. The van der Waals surface area contributed by atoms with E-state index < -0.39 is 0 Å². The highest BCUT2D eigenvalue weighted by atomic mass is 19.1. The minimum absolute atomic E-state index is 0.191. The second-order valence-corrected chi connectivity index (χ2v) is 4.73. The Morgan fingerprint density at radius 3 is 2.80 bits per heavy atom. The van der Waals surface area contributed by atoms with Crippen LogP contribution in [0.15, 0.2) is 30.5 Å². The molecule has 0 unspecified atom stereocenters. The van der Waals surface area contributed by atoms with Crippen molar-refractivity contribution < 1.29 is 4.39 Å². The van der Waals surface area contributed by atoms with Crippen molar-refractivity contribution in [1.29, 1.82) is 0 Å². The van der Waals surface area contributed by atoms with Crippen LogP contribution >= 0.6 is 0 Å². The van der Waals surface area contributed by atoms with Gasteiger partial charge in [0.25, 0.3) is 0 Å². The molecule has 20 heavy (non-hydrogen) atoms. The van der Waals surface area contributed by atoms with Gasteiger partial charge in [0.1, 0.15) is 5.82 Å². The van der Waals surface area contributed by atoms with Crippen molar-refractivity contribution in [2.75, 3.05) is 17.2 Å². The summed E-state index contributed by atoms with van der Waals surface area (Å²) in [6, 6.07) is 7.01. The molecule has 0 aliphatic heterocycles. The number of aromatic nitrogens is 3. The normalized spacial score (nSPS) is 10.6. The van der Waals surface area contributed by atoms with Gasteiger partial charge >= 0.3 is 0 Å². The zero-order valence-electron chi connectivity index (χ0n) is 11.6. The van der Waals surface area contributed by atoms with E-state index in [2.05, 4.69) is 25.8 Å². The number of anilines is 2. The van der Waals surface area contributed by atoms with Crippen LogP contribution in [-0.2, 0) is 6.42 Å². The molecule has 0 fully saturated rings. The summed E-state index contributed by atoms with van der Waals surface area (Å²) < 4.78 is 13.4. The highest BCUT2D eigenvalue weighted by molar-refractivity contribution is 5.37. The first-order valence-corrected chi connectivity index (χ1v) is 6.58. The van der Waals surface area contributed by atoms with Gasteiger partial charge in [-0.15, -0.1) is 5.10 Å². The molecule has 106 valence electrons. The number of benzene rings is 1. The molecule has 0 saturated carbocycles. The topological polar surface area (TPSA) is 62.7 Å². The molecule has 2 aromatic rings. The molecule has 0 bridgehead atoms. The van der Waals surface area contributed by atoms with Gasteiger partial charge < -0.3 is 10.6 Å². The Kier molecular flexibility index (Phi) is 4.81.